The Labute approximate surface area is 114 Å². The molecule has 0 aliphatic rings. The molecule has 0 saturated heterocycles. The Bertz CT molecular complexity index is 558. The minimum absolute atomic E-state index is 0.000131. The maximum atomic E-state index is 12.3. The average molecular weight is 253 g/mol. The molecule has 0 unspecified atom stereocenters. The molecular weight excluding hydrogens is 234 g/mol. The van der Waals surface area contributed by atoms with Crippen molar-refractivity contribution in [2.75, 3.05) is 0 Å². The van der Waals surface area contributed by atoms with Crippen molar-refractivity contribution in [1.29, 1.82) is 0 Å². The summed E-state index contributed by atoms with van der Waals surface area (Å²) < 4.78 is 0. The molecule has 0 atom stereocenters. The van der Waals surface area contributed by atoms with E-state index in [2.05, 4.69) is 11.9 Å². The van der Waals surface area contributed by atoms with Gasteiger partial charge in [-0.25, -0.2) is 0 Å². The zero-order valence-corrected chi connectivity index (χ0v) is 11.5. The largest absolute Gasteiger partial charge is 0.287 e. The Balaban J connectivity index is 2.18. The van der Waals surface area contributed by atoms with E-state index in [0.29, 0.717) is 11.3 Å². The van der Waals surface area contributed by atoms with E-state index < -0.39 is 0 Å². The molecule has 2 nitrogen and oxygen atoms in total. The number of carbonyl (C=O) groups is 1. The van der Waals surface area contributed by atoms with Crippen LogP contribution in [0.1, 0.15) is 46.9 Å². The minimum atomic E-state index is 0.000131. The van der Waals surface area contributed by atoms with E-state index in [9.17, 15) is 4.79 Å². The first-order chi connectivity index (χ1) is 9.22. The molecule has 1 heterocycles. The number of rotatable bonds is 5. The molecule has 1 aromatic heterocycles. The standard InChI is InChI=1S/C17H19NO/c1-3-4-7-14-8-10-15(11-9-14)17(19)16-13(2)6-5-12-18-16/h5-6,8-12H,3-4,7H2,1-2H3. The number of aryl methyl sites for hydroxylation is 2. The van der Waals surface area contributed by atoms with Crippen molar-refractivity contribution in [3.63, 3.8) is 0 Å². The van der Waals surface area contributed by atoms with Gasteiger partial charge in [0.05, 0.1) is 0 Å². The van der Waals surface area contributed by atoms with E-state index in [1.165, 1.54) is 18.4 Å². The molecule has 0 saturated carbocycles. The van der Waals surface area contributed by atoms with Crippen LogP contribution in [-0.2, 0) is 6.42 Å². The zero-order valence-electron chi connectivity index (χ0n) is 11.5. The van der Waals surface area contributed by atoms with Crippen LogP contribution in [0.2, 0.25) is 0 Å². The van der Waals surface area contributed by atoms with Crippen LogP contribution >= 0.6 is 0 Å². The molecule has 1 aromatic carbocycles. The molecular formula is C17H19NO. The maximum Gasteiger partial charge on any atom is 0.211 e. The summed E-state index contributed by atoms with van der Waals surface area (Å²) in [5.41, 5.74) is 3.46. The summed E-state index contributed by atoms with van der Waals surface area (Å²) in [4.78, 5) is 16.5. The molecule has 19 heavy (non-hydrogen) atoms. The predicted molar refractivity (Wildman–Crippen MR) is 77.5 cm³/mol. The van der Waals surface area contributed by atoms with Crippen LogP contribution in [0.15, 0.2) is 42.6 Å². The Morgan fingerprint density at radius 2 is 1.89 bits per heavy atom. The number of carbonyl (C=O) groups excluding carboxylic acids is 1. The average Bonchev–Trinajstić information content (AvgIpc) is 2.45. The van der Waals surface area contributed by atoms with E-state index >= 15 is 0 Å². The van der Waals surface area contributed by atoms with Gasteiger partial charge < -0.3 is 0 Å². The van der Waals surface area contributed by atoms with Crippen molar-refractivity contribution >= 4 is 5.78 Å². The van der Waals surface area contributed by atoms with Crippen molar-refractivity contribution in [1.82, 2.24) is 4.98 Å². The summed E-state index contributed by atoms with van der Waals surface area (Å²) in [6, 6.07) is 11.7. The Morgan fingerprint density at radius 3 is 2.53 bits per heavy atom. The van der Waals surface area contributed by atoms with Crippen LogP contribution in [0.3, 0.4) is 0 Å². The van der Waals surface area contributed by atoms with E-state index in [4.69, 9.17) is 0 Å². The quantitative estimate of drug-likeness (QED) is 0.755. The number of pyridine rings is 1. The molecule has 0 fully saturated rings. The first-order valence-corrected chi connectivity index (χ1v) is 6.77. The van der Waals surface area contributed by atoms with Gasteiger partial charge in [0.1, 0.15) is 5.69 Å². The molecule has 2 heteroatoms. The highest BCUT2D eigenvalue weighted by atomic mass is 16.1. The molecule has 0 spiro atoms. The maximum absolute atomic E-state index is 12.3. The molecule has 2 rings (SSSR count). The smallest absolute Gasteiger partial charge is 0.211 e. The first-order valence-electron chi connectivity index (χ1n) is 6.77. The Morgan fingerprint density at radius 1 is 1.16 bits per heavy atom. The number of benzene rings is 1. The van der Waals surface area contributed by atoms with E-state index in [1.807, 2.05) is 43.3 Å². The van der Waals surface area contributed by atoms with Crippen LogP contribution in [0, 0.1) is 6.92 Å². The van der Waals surface area contributed by atoms with Gasteiger partial charge in [0.2, 0.25) is 5.78 Å². The first kappa shape index (κ1) is 13.5. The van der Waals surface area contributed by atoms with E-state index in [1.54, 1.807) is 6.20 Å². The second-order valence-corrected chi connectivity index (χ2v) is 4.80. The van der Waals surface area contributed by atoms with E-state index in [-0.39, 0.29) is 5.78 Å². The fourth-order valence-electron chi connectivity index (χ4n) is 2.06. The summed E-state index contributed by atoms with van der Waals surface area (Å²) in [7, 11) is 0. The van der Waals surface area contributed by atoms with Crippen molar-refractivity contribution < 1.29 is 4.79 Å². The highest BCUT2D eigenvalue weighted by Crippen LogP contribution is 2.13. The Kier molecular flexibility index (Phi) is 4.45. The van der Waals surface area contributed by atoms with Crippen molar-refractivity contribution in [2.24, 2.45) is 0 Å². The summed E-state index contributed by atoms with van der Waals surface area (Å²) in [6.07, 6.45) is 5.11. The van der Waals surface area contributed by atoms with Crippen LogP contribution in [0.4, 0.5) is 0 Å². The van der Waals surface area contributed by atoms with E-state index in [0.717, 1.165) is 12.0 Å². The minimum Gasteiger partial charge on any atom is -0.287 e. The third-order valence-electron chi connectivity index (χ3n) is 3.26. The van der Waals surface area contributed by atoms with Gasteiger partial charge in [-0.3, -0.25) is 9.78 Å². The summed E-state index contributed by atoms with van der Waals surface area (Å²) >= 11 is 0. The van der Waals surface area contributed by atoms with Gasteiger partial charge >= 0.3 is 0 Å². The lowest BCUT2D eigenvalue weighted by Crippen LogP contribution is -2.06. The Hall–Kier alpha value is -1.96. The number of unbranched alkanes of at least 4 members (excludes halogenated alkanes) is 1. The summed E-state index contributed by atoms with van der Waals surface area (Å²) in [5, 5.41) is 0. The van der Waals surface area contributed by atoms with Crippen LogP contribution in [-0.4, -0.2) is 10.8 Å². The van der Waals surface area contributed by atoms with Gasteiger partial charge in [0.15, 0.2) is 0 Å². The van der Waals surface area contributed by atoms with Crippen LogP contribution in [0.5, 0.6) is 0 Å². The molecule has 0 N–H and O–H groups in total. The normalized spacial score (nSPS) is 10.4. The zero-order chi connectivity index (χ0) is 13.7. The van der Waals surface area contributed by atoms with Crippen LogP contribution in [0.25, 0.3) is 0 Å². The number of hydrogen-bond acceptors (Lipinski definition) is 2. The molecule has 98 valence electrons. The highest BCUT2D eigenvalue weighted by Gasteiger charge is 2.12. The van der Waals surface area contributed by atoms with Gasteiger partial charge in [0, 0.05) is 11.8 Å². The second kappa shape index (κ2) is 6.28. The number of hydrogen-bond donors (Lipinski definition) is 0. The SMILES string of the molecule is CCCCc1ccc(C(=O)c2ncccc2C)cc1. The number of ketones is 1. The molecule has 0 radical (unpaired) electrons. The van der Waals surface area contributed by atoms with Gasteiger partial charge in [-0.1, -0.05) is 43.7 Å². The monoisotopic (exact) mass is 253 g/mol. The van der Waals surface area contributed by atoms with Crippen molar-refractivity contribution in [3.8, 4) is 0 Å². The molecule has 0 aliphatic carbocycles. The van der Waals surface area contributed by atoms with Gasteiger partial charge in [-0.2, -0.15) is 0 Å². The molecule has 0 amide bonds. The van der Waals surface area contributed by atoms with Crippen molar-refractivity contribution in [2.45, 2.75) is 33.1 Å². The third kappa shape index (κ3) is 3.28. The van der Waals surface area contributed by atoms with Gasteiger partial charge in [-0.15, -0.1) is 0 Å². The second-order valence-electron chi connectivity index (χ2n) is 4.80. The summed E-state index contributed by atoms with van der Waals surface area (Å²) in [6.45, 7) is 4.09. The lowest BCUT2D eigenvalue weighted by atomic mass is 10.0. The van der Waals surface area contributed by atoms with Gasteiger partial charge in [0.25, 0.3) is 0 Å². The summed E-state index contributed by atoms with van der Waals surface area (Å²) in [5.74, 6) is 0.000131. The fraction of sp³-hybridized carbons (Fsp3) is 0.294. The number of aromatic nitrogens is 1. The van der Waals surface area contributed by atoms with Crippen molar-refractivity contribution in [3.05, 3.63) is 65.0 Å². The topological polar surface area (TPSA) is 30.0 Å². The third-order valence-corrected chi connectivity index (χ3v) is 3.26. The lowest BCUT2D eigenvalue weighted by Gasteiger charge is -2.05. The molecule has 0 bridgehead atoms. The lowest BCUT2D eigenvalue weighted by molar-refractivity contribution is 0.103. The predicted octanol–water partition coefficient (Wildman–Crippen LogP) is 3.96. The number of nitrogens with zero attached hydrogens (tertiary/aromatic N) is 1. The van der Waals surface area contributed by atoms with Crippen LogP contribution < -0.4 is 0 Å². The molecule has 0 aliphatic heterocycles. The molecule has 2 aromatic rings. The highest BCUT2D eigenvalue weighted by molar-refractivity contribution is 6.08. The fourth-order valence-corrected chi connectivity index (χ4v) is 2.06. The van der Waals surface area contributed by atoms with Gasteiger partial charge in [-0.05, 0) is 37.0 Å².